The van der Waals surface area contributed by atoms with Gasteiger partial charge in [0, 0.05) is 44.7 Å². The highest BCUT2D eigenvalue weighted by Crippen LogP contribution is 2.54. The standard InChI is InChI=1S/C82H64N2/c1-7-55-27-31-59(32-28-55)63-39-49-79(73(51-63)61-19-11-9-12-20-61)83(67-45-47-71-69-23-15-17-25-75(69)81(3,4)77(71)53-67)65-41-35-57(36-42-65)58-37-43-66(44-38-58)84(68-46-48-72-70-24-16-18-26-76(70)82(5,6)78(72)54-68)80-50-40-64(60-33-29-56(8-2)30-34-60)52-74(80)62-21-13-10-14-22-62/h7-54H,1-2H2,3-6H3/i1D2,2D2,7D,8D. The van der Waals surface area contributed by atoms with Crippen LogP contribution in [0.4, 0.5) is 34.1 Å². The van der Waals surface area contributed by atoms with E-state index in [0.717, 1.165) is 89.8 Å². The molecular weight excluding hydrogens is 1010 g/mol. The molecule has 0 aromatic heterocycles. The molecular formula is C82H64N2. The van der Waals surface area contributed by atoms with Gasteiger partial charge in [0.25, 0.3) is 0 Å². The third kappa shape index (κ3) is 8.99. The number of fused-ring (bicyclic) bond motifs is 6. The van der Waals surface area contributed by atoms with Crippen molar-refractivity contribution in [2.45, 2.75) is 38.5 Å². The van der Waals surface area contributed by atoms with E-state index < -0.39 is 13.1 Å². The summed E-state index contributed by atoms with van der Waals surface area (Å²) in [7, 11) is 0. The zero-order valence-electron chi connectivity index (χ0n) is 53.5. The van der Waals surface area contributed by atoms with Crippen molar-refractivity contribution in [1.29, 1.82) is 0 Å². The normalized spacial score (nSPS) is 14.0. The van der Waals surface area contributed by atoms with Crippen LogP contribution in [0.3, 0.4) is 0 Å². The molecule has 2 aliphatic carbocycles. The number of hydrogen-bond acceptors (Lipinski definition) is 2. The van der Waals surface area contributed by atoms with E-state index in [-0.39, 0.29) is 22.9 Å². The Labute approximate surface area is 503 Å². The van der Waals surface area contributed by atoms with Gasteiger partial charge in [-0.2, -0.15) is 0 Å². The SMILES string of the molecule is [2H]C([2H])=C([2H])c1ccc(-c2ccc(N(c3ccc(-c4ccc(N(c5ccc6c(c5)C(C)(C)c5ccccc5-6)c5ccc(-c6ccc(C([2H])=C([2H])[2H])cc6)cc5-c5ccccc5)cc4)cc3)c3ccc4c(c3)C(C)(C)c3ccccc3-4)c(-c3ccccc3)c2)cc1. The first-order chi connectivity index (χ1) is 43.6. The van der Waals surface area contributed by atoms with Gasteiger partial charge in [-0.05, 0) is 173 Å². The number of hydrogen-bond donors (Lipinski definition) is 0. The molecule has 402 valence electrons. The monoisotopic (exact) mass is 1080 g/mol. The zero-order valence-corrected chi connectivity index (χ0v) is 47.5. The second-order valence-corrected chi connectivity index (χ2v) is 23.2. The highest BCUT2D eigenvalue weighted by Gasteiger charge is 2.37. The molecule has 0 saturated heterocycles. The number of nitrogens with zero attached hydrogens (tertiary/aromatic N) is 2. The predicted molar refractivity (Wildman–Crippen MR) is 358 cm³/mol. The Hall–Kier alpha value is -10.3. The van der Waals surface area contributed by atoms with E-state index in [1.807, 2.05) is 60.7 Å². The fraction of sp³-hybridized carbons (Fsp3) is 0.0732. The average molecular weight is 1080 g/mol. The Kier molecular flexibility index (Phi) is 11.3. The molecule has 0 amide bonds. The quantitative estimate of drug-likeness (QED) is 0.114. The largest absolute Gasteiger partial charge is 0.310 e. The lowest BCUT2D eigenvalue weighted by Crippen LogP contribution is -2.17. The van der Waals surface area contributed by atoms with E-state index >= 15 is 0 Å². The number of anilines is 6. The summed E-state index contributed by atoms with van der Waals surface area (Å²) in [5.74, 6) is 0. The molecule has 0 N–H and O–H groups in total. The molecule has 0 fully saturated rings. The lowest BCUT2D eigenvalue weighted by Gasteiger charge is -2.30. The summed E-state index contributed by atoms with van der Waals surface area (Å²) < 4.78 is 47.6. The molecule has 12 aromatic rings. The summed E-state index contributed by atoms with van der Waals surface area (Å²) in [6, 6.07) is 98.5. The van der Waals surface area contributed by atoms with Crippen molar-refractivity contribution in [2.24, 2.45) is 0 Å². The van der Waals surface area contributed by atoms with Gasteiger partial charge in [-0.1, -0.05) is 259 Å². The molecule has 0 aliphatic heterocycles. The van der Waals surface area contributed by atoms with Crippen LogP contribution in [0.15, 0.2) is 292 Å². The van der Waals surface area contributed by atoms with Crippen molar-refractivity contribution in [3.8, 4) is 77.9 Å². The van der Waals surface area contributed by atoms with Crippen molar-refractivity contribution in [1.82, 2.24) is 0 Å². The highest BCUT2D eigenvalue weighted by atomic mass is 15.2. The van der Waals surface area contributed by atoms with Crippen LogP contribution in [-0.4, -0.2) is 0 Å². The molecule has 0 unspecified atom stereocenters. The maximum Gasteiger partial charge on any atom is 0.0623 e. The summed E-state index contributed by atoms with van der Waals surface area (Å²) in [4.78, 5) is 4.78. The van der Waals surface area contributed by atoms with Gasteiger partial charge in [0.05, 0.1) is 19.6 Å². The minimum absolute atomic E-state index is 0.110. The van der Waals surface area contributed by atoms with E-state index in [0.29, 0.717) is 11.1 Å². The Morgan fingerprint density at radius 2 is 0.607 bits per heavy atom. The number of rotatable bonds is 13. The first-order valence-corrected chi connectivity index (χ1v) is 28.8. The second kappa shape index (κ2) is 20.9. The minimum Gasteiger partial charge on any atom is -0.310 e. The molecule has 84 heavy (non-hydrogen) atoms. The molecule has 14 rings (SSSR count). The van der Waals surface area contributed by atoms with Gasteiger partial charge in [-0.3, -0.25) is 0 Å². The van der Waals surface area contributed by atoms with E-state index in [1.165, 1.54) is 44.5 Å². The third-order valence-electron chi connectivity index (χ3n) is 17.6. The van der Waals surface area contributed by atoms with Crippen molar-refractivity contribution in [2.75, 3.05) is 9.80 Å². The first-order valence-electron chi connectivity index (χ1n) is 31.8. The smallest absolute Gasteiger partial charge is 0.0623 e. The van der Waals surface area contributed by atoms with E-state index in [2.05, 4.69) is 256 Å². The lowest BCUT2D eigenvalue weighted by molar-refractivity contribution is 0.660. The predicted octanol–water partition coefficient (Wildman–Crippen LogP) is 22.9. The highest BCUT2D eigenvalue weighted by molar-refractivity contribution is 5.95. The van der Waals surface area contributed by atoms with Crippen LogP contribution in [-0.2, 0) is 10.8 Å². The average Bonchev–Trinajstić information content (AvgIpc) is 1.55. The van der Waals surface area contributed by atoms with Crippen LogP contribution in [0.2, 0.25) is 0 Å². The van der Waals surface area contributed by atoms with Crippen LogP contribution in [0, 0.1) is 0 Å². The lowest BCUT2D eigenvalue weighted by atomic mass is 9.82. The Morgan fingerprint density at radius 3 is 1.00 bits per heavy atom. The summed E-state index contributed by atoms with van der Waals surface area (Å²) in [6.45, 7) is 8.28. The molecule has 0 atom stereocenters. The van der Waals surface area contributed by atoms with Gasteiger partial charge in [0.1, 0.15) is 0 Å². The van der Waals surface area contributed by atoms with Gasteiger partial charge in [-0.25, -0.2) is 0 Å². The van der Waals surface area contributed by atoms with Crippen LogP contribution in [0.25, 0.3) is 90.0 Å². The van der Waals surface area contributed by atoms with Crippen molar-refractivity contribution >= 4 is 46.2 Å². The molecule has 2 nitrogen and oxygen atoms in total. The Morgan fingerprint density at radius 1 is 0.286 bits per heavy atom. The van der Waals surface area contributed by atoms with Gasteiger partial charge in [0.2, 0.25) is 0 Å². The van der Waals surface area contributed by atoms with Gasteiger partial charge < -0.3 is 9.80 Å². The minimum atomic E-state index is -0.513. The molecule has 12 aromatic carbocycles. The van der Waals surface area contributed by atoms with Crippen molar-refractivity contribution < 1.29 is 8.22 Å². The van der Waals surface area contributed by atoms with Crippen LogP contribution < -0.4 is 9.80 Å². The number of benzene rings is 12. The fourth-order valence-electron chi connectivity index (χ4n) is 13.1. The van der Waals surface area contributed by atoms with Gasteiger partial charge in [-0.15, -0.1) is 0 Å². The molecule has 2 aliphatic rings. The molecule has 0 bridgehead atoms. The second-order valence-electron chi connectivity index (χ2n) is 23.2. The van der Waals surface area contributed by atoms with Crippen molar-refractivity contribution in [3.63, 3.8) is 0 Å². The van der Waals surface area contributed by atoms with Crippen LogP contribution >= 0.6 is 0 Å². The summed E-state index contributed by atoms with van der Waals surface area (Å²) in [5.41, 5.74) is 27.3. The Balaban J connectivity index is 0.878. The summed E-state index contributed by atoms with van der Waals surface area (Å²) in [5, 5.41) is 0. The van der Waals surface area contributed by atoms with Gasteiger partial charge >= 0.3 is 0 Å². The topological polar surface area (TPSA) is 6.48 Å². The fourth-order valence-corrected chi connectivity index (χ4v) is 13.1. The third-order valence-corrected chi connectivity index (χ3v) is 17.6. The van der Waals surface area contributed by atoms with E-state index in [4.69, 9.17) is 8.22 Å². The maximum absolute atomic E-state index is 8.29. The summed E-state index contributed by atoms with van der Waals surface area (Å²) >= 11 is 0. The molecule has 0 radical (unpaired) electrons. The Bertz CT molecular complexity index is 4480. The van der Waals surface area contributed by atoms with Gasteiger partial charge in [0.15, 0.2) is 0 Å². The summed E-state index contributed by atoms with van der Waals surface area (Å²) in [6.07, 6.45) is 0. The first kappa shape index (κ1) is 45.3. The van der Waals surface area contributed by atoms with Crippen LogP contribution in [0.5, 0.6) is 0 Å². The van der Waals surface area contributed by atoms with E-state index in [9.17, 15) is 0 Å². The van der Waals surface area contributed by atoms with Crippen molar-refractivity contribution in [3.05, 3.63) is 325 Å². The molecule has 0 heterocycles. The van der Waals surface area contributed by atoms with E-state index in [1.54, 1.807) is 0 Å². The molecule has 0 saturated carbocycles. The maximum atomic E-state index is 8.29. The molecule has 2 heteroatoms. The molecule has 0 spiro atoms. The zero-order chi connectivity index (χ0) is 62.0. The van der Waals surface area contributed by atoms with Crippen LogP contribution in [0.1, 0.15) is 69.3 Å².